The van der Waals surface area contributed by atoms with Gasteiger partial charge < -0.3 is 9.84 Å². The van der Waals surface area contributed by atoms with Crippen molar-refractivity contribution in [2.75, 3.05) is 33.4 Å². The first-order valence-corrected chi connectivity index (χ1v) is 6.11. The van der Waals surface area contributed by atoms with Gasteiger partial charge in [-0.15, -0.1) is 0 Å². The lowest BCUT2D eigenvalue weighted by molar-refractivity contribution is -0.138. The van der Waals surface area contributed by atoms with E-state index >= 15 is 0 Å². The second-order valence-corrected chi connectivity index (χ2v) is 4.32. The number of rotatable bonds is 8. The Bertz CT molecular complexity index is 300. The van der Waals surface area contributed by atoms with Gasteiger partial charge in [0, 0.05) is 20.2 Å². The van der Waals surface area contributed by atoms with E-state index in [9.17, 15) is 4.79 Å². The average molecular weight is 243 g/mol. The number of hydrogen-bond donors (Lipinski definition) is 1. The van der Waals surface area contributed by atoms with Crippen LogP contribution < -0.4 is 0 Å². The van der Waals surface area contributed by atoms with Crippen molar-refractivity contribution < 1.29 is 14.6 Å². The zero-order chi connectivity index (χ0) is 11.8. The predicted octanol–water partition coefficient (Wildman–Crippen LogP) is 1.32. The molecule has 0 aromatic carbocycles. The van der Waals surface area contributed by atoms with Gasteiger partial charge >= 0.3 is 5.97 Å². The second kappa shape index (κ2) is 7.38. The highest BCUT2D eigenvalue weighted by Gasteiger charge is 2.09. The van der Waals surface area contributed by atoms with Gasteiger partial charge in [0.2, 0.25) is 0 Å². The molecule has 16 heavy (non-hydrogen) atoms. The molecule has 1 heterocycles. The Morgan fingerprint density at radius 1 is 1.56 bits per heavy atom. The van der Waals surface area contributed by atoms with Gasteiger partial charge in [-0.1, -0.05) is 0 Å². The van der Waals surface area contributed by atoms with Gasteiger partial charge in [0.25, 0.3) is 0 Å². The van der Waals surface area contributed by atoms with Gasteiger partial charge in [0.05, 0.1) is 13.2 Å². The maximum absolute atomic E-state index is 10.7. The zero-order valence-electron chi connectivity index (χ0n) is 9.39. The normalized spacial score (nSPS) is 10.9. The molecule has 4 nitrogen and oxygen atoms in total. The molecule has 0 spiro atoms. The molecule has 0 aliphatic rings. The molecule has 0 saturated heterocycles. The zero-order valence-corrected chi connectivity index (χ0v) is 10.2. The summed E-state index contributed by atoms with van der Waals surface area (Å²) < 4.78 is 4.96. The number of carbonyl (C=O) groups is 1. The summed E-state index contributed by atoms with van der Waals surface area (Å²) in [7, 11) is 1.62. The van der Waals surface area contributed by atoms with E-state index in [2.05, 4.69) is 11.4 Å². The Morgan fingerprint density at radius 2 is 2.38 bits per heavy atom. The van der Waals surface area contributed by atoms with Crippen LogP contribution in [-0.4, -0.2) is 49.3 Å². The molecule has 5 heteroatoms. The van der Waals surface area contributed by atoms with Gasteiger partial charge in [-0.25, -0.2) is 0 Å². The number of thiophene rings is 1. The van der Waals surface area contributed by atoms with Crippen LogP contribution in [0.4, 0.5) is 0 Å². The molecule has 0 bridgehead atoms. The summed E-state index contributed by atoms with van der Waals surface area (Å²) in [5, 5.41) is 12.9. The summed E-state index contributed by atoms with van der Waals surface area (Å²) in [6, 6.07) is 2.07. The number of nitrogens with zero attached hydrogens (tertiary/aromatic N) is 1. The number of carboxylic acids is 1. The number of ether oxygens (including phenoxy) is 1. The van der Waals surface area contributed by atoms with E-state index in [0.29, 0.717) is 13.2 Å². The number of hydrogen-bond acceptors (Lipinski definition) is 4. The van der Waals surface area contributed by atoms with Crippen molar-refractivity contribution in [2.24, 2.45) is 0 Å². The van der Waals surface area contributed by atoms with Crippen LogP contribution in [0.5, 0.6) is 0 Å². The maximum Gasteiger partial charge on any atom is 0.317 e. The van der Waals surface area contributed by atoms with Crippen LogP contribution in [0.15, 0.2) is 16.8 Å². The Balaban J connectivity index is 2.33. The highest BCUT2D eigenvalue weighted by atomic mass is 32.1. The van der Waals surface area contributed by atoms with Crippen LogP contribution in [0.1, 0.15) is 5.56 Å². The lowest BCUT2D eigenvalue weighted by atomic mass is 10.2. The molecule has 1 aromatic heterocycles. The second-order valence-electron chi connectivity index (χ2n) is 3.54. The van der Waals surface area contributed by atoms with E-state index < -0.39 is 5.97 Å². The monoisotopic (exact) mass is 243 g/mol. The fraction of sp³-hybridized carbons (Fsp3) is 0.545. The molecule has 0 aliphatic carbocycles. The summed E-state index contributed by atoms with van der Waals surface area (Å²) in [5.74, 6) is -0.790. The molecule has 1 rings (SSSR count). The quantitative estimate of drug-likeness (QED) is 0.748. The van der Waals surface area contributed by atoms with Crippen molar-refractivity contribution in [1.82, 2.24) is 4.90 Å². The molecule has 0 saturated carbocycles. The minimum atomic E-state index is -0.790. The first kappa shape index (κ1) is 13.2. The van der Waals surface area contributed by atoms with Crippen LogP contribution in [-0.2, 0) is 16.0 Å². The van der Waals surface area contributed by atoms with E-state index in [4.69, 9.17) is 9.84 Å². The standard InChI is InChI=1S/C11H17NO3S/c1-15-6-5-12(8-11(13)14)4-2-10-3-7-16-9-10/h3,7,9H,2,4-6,8H2,1H3,(H,13,14). The van der Waals surface area contributed by atoms with Gasteiger partial charge in [-0.2, -0.15) is 11.3 Å². The summed E-state index contributed by atoms with van der Waals surface area (Å²) in [5.41, 5.74) is 1.26. The largest absolute Gasteiger partial charge is 0.480 e. The fourth-order valence-electron chi connectivity index (χ4n) is 1.40. The van der Waals surface area contributed by atoms with Crippen molar-refractivity contribution in [2.45, 2.75) is 6.42 Å². The summed E-state index contributed by atoms with van der Waals surface area (Å²) in [6.45, 7) is 2.06. The third-order valence-electron chi connectivity index (χ3n) is 2.27. The Hall–Kier alpha value is -0.910. The molecule has 90 valence electrons. The molecule has 1 N–H and O–H groups in total. The number of methoxy groups -OCH3 is 1. The van der Waals surface area contributed by atoms with E-state index in [-0.39, 0.29) is 6.54 Å². The summed E-state index contributed by atoms with van der Waals surface area (Å²) in [6.07, 6.45) is 0.889. The van der Waals surface area contributed by atoms with Crippen molar-refractivity contribution in [1.29, 1.82) is 0 Å². The third-order valence-corrected chi connectivity index (χ3v) is 3.00. The molecule has 0 amide bonds. The van der Waals surface area contributed by atoms with Gasteiger partial charge in [0.1, 0.15) is 0 Å². The van der Waals surface area contributed by atoms with Crippen LogP contribution in [0.2, 0.25) is 0 Å². The molecule has 0 aliphatic heterocycles. The molecular weight excluding hydrogens is 226 g/mol. The molecule has 0 fully saturated rings. The highest BCUT2D eigenvalue weighted by molar-refractivity contribution is 7.07. The lowest BCUT2D eigenvalue weighted by Gasteiger charge is -2.19. The smallest absolute Gasteiger partial charge is 0.317 e. The lowest BCUT2D eigenvalue weighted by Crippen LogP contribution is -2.34. The minimum absolute atomic E-state index is 0.0769. The van der Waals surface area contributed by atoms with Crippen molar-refractivity contribution in [3.8, 4) is 0 Å². The molecular formula is C11H17NO3S. The minimum Gasteiger partial charge on any atom is -0.480 e. The van der Waals surface area contributed by atoms with Crippen molar-refractivity contribution >= 4 is 17.3 Å². The summed E-state index contributed by atoms with van der Waals surface area (Å²) in [4.78, 5) is 12.5. The average Bonchev–Trinajstić information content (AvgIpc) is 2.74. The van der Waals surface area contributed by atoms with Gasteiger partial charge in [-0.05, 0) is 28.8 Å². The molecule has 0 unspecified atom stereocenters. The van der Waals surface area contributed by atoms with Crippen LogP contribution in [0, 0.1) is 0 Å². The van der Waals surface area contributed by atoms with Crippen molar-refractivity contribution in [3.05, 3.63) is 22.4 Å². The van der Waals surface area contributed by atoms with E-state index in [1.54, 1.807) is 18.4 Å². The van der Waals surface area contributed by atoms with Crippen LogP contribution in [0.3, 0.4) is 0 Å². The van der Waals surface area contributed by atoms with E-state index in [0.717, 1.165) is 13.0 Å². The van der Waals surface area contributed by atoms with Crippen LogP contribution >= 0.6 is 11.3 Å². The third kappa shape index (κ3) is 5.25. The number of carboxylic acid groups (broad SMARTS) is 1. The Labute approximate surface area is 99.5 Å². The van der Waals surface area contributed by atoms with E-state index in [1.807, 2.05) is 10.3 Å². The van der Waals surface area contributed by atoms with Crippen molar-refractivity contribution in [3.63, 3.8) is 0 Å². The molecule has 0 atom stereocenters. The molecule has 1 aromatic rings. The fourth-order valence-corrected chi connectivity index (χ4v) is 2.11. The first-order valence-electron chi connectivity index (χ1n) is 5.16. The topological polar surface area (TPSA) is 49.8 Å². The predicted molar refractivity (Wildman–Crippen MR) is 64.0 cm³/mol. The Kier molecular flexibility index (Phi) is 6.07. The van der Waals surface area contributed by atoms with Gasteiger partial charge in [-0.3, -0.25) is 9.69 Å². The molecule has 0 radical (unpaired) electrons. The Morgan fingerprint density at radius 3 is 2.94 bits per heavy atom. The van der Waals surface area contributed by atoms with E-state index in [1.165, 1.54) is 5.56 Å². The SMILES string of the molecule is COCCN(CCc1ccsc1)CC(=O)O. The summed E-state index contributed by atoms with van der Waals surface area (Å²) >= 11 is 1.66. The maximum atomic E-state index is 10.7. The number of aliphatic carboxylic acids is 1. The first-order chi connectivity index (χ1) is 7.72. The van der Waals surface area contributed by atoms with Gasteiger partial charge in [0.15, 0.2) is 0 Å². The van der Waals surface area contributed by atoms with Crippen LogP contribution in [0.25, 0.3) is 0 Å². The highest BCUT2D eigenvalue weighted by Crippen LogP contribution is 2.07.